The summed E-state index contributed by atoms with van der Waals surface area (Å²) in [5.74, 6) is -1.84. The number of unbranched alkanes of at least 4 members (excludes halogenated alkanes) is 1. The number of nitrogens with two attached hydrogens (primary N) is 1. The third kappa shape index (κ3) is 3.88. The van der Waals surface area contributed by atoms with Gasteiger partial charge in [0.15, 0.2) is 0 Å². The number of nitrogens with one attached hydrogen (secondary N) is 1. The minimum atomic E-state index is -1.29. The fraction of sp³-hybridized carbons (Fsp3) is 0.474. The Labute approximate surface area is 150 Å². The van der Waals surface area contributed by atoms with Gasteiger partial charge < -0.3 is 20.7 Å². The third-order valence-corrected chi connectivity index (χ3v) is 4.69. The Morgan fingerprint density at radius 1 is 1.42 bits per heavy atom. The van der Waals surface area contributed by atoms with Crippen LogP contribution in [0.4, 0.5) is 10.1 Å². The molecule has 0 aliphatic heterocycles. The number of aromatic nitrogens is 1. The van der Waals surface area contributed by atoms with Crippen molar-refractivity contribution in [2.75, 3.05) is 11.9 Å². The molecule has 3 rings (SSSR count). The lowest BCUT2D eigenvalue weighted by Gasteiger charge is -2.14. The molecule has 4 N–H and O–H groups in total. The summed E-state index contributed by atoms with van der Waals surface area (Å²) < 4.78 is 16.2. The van der Waals surface area contributed by atoms with Crippen LogP contribution < -0.4 is 16.5 Å². The average molecular weight is 361 g/mol. The van der Waals surface area contributed by atoms with Gasteiger partial charge in [0.1, 0.15) is 11.4 Å². The Morgan fingerprint density at radius 2 is 2.15 bits per heavy atom. The molecule has 6 nitrogen and oxygen atoms in total. The summed E-state index contributed by atoms with van der Waals surface area (Å²) >= 11 is 0. The first-order valence-corrected chi connectivity index (χ1v) is 8.99. The van der Waals surface area contributed by atoms with Gasteiger partial charge >= 0.3 is 5.97 Å². The highest BCUT2D eigenvalue weighted by atomic mass is 19.1. The molecule has 1 aromatic carbocycles. The summed E-state index contributed by atoms with van der Waals surface area (Å²) in [5.41, 5.74) is 5.65. The summed E-state index contributed by atoms with van der Waals surface area (Å²) in [5, 5.41) is 12.4. The number of hydrogen-bond acceptors (Lipinski definition) is 4. The number of carboxylic acids is 1. The molecule has 1 fully saturated rings. The van der Waals surface area contributed by atoms with E-state index in [4.69, 9.17) is 5.73 Å². The van der Waals surface area contributed by atoms with Crippen LogP contribution in [0.25, 0.3) is 10.9 Å². The second-order valence-electron chi connectivity index (χ2n) is 7.06. The standard InChI is InChI=1S/C19H24FN3O3/c1-11(21)4-2-3-7-22-16-9-17-13(8-15(16)20)18(24)14(19(25)26)10-23(17)12-5-6-12/h8-12,22H,2-7,21H2,1H3,(H,25,26). The molecule has 26 heavy (non-hydrogen) atoms. The molecule has 0 spiro atoms. The van der Waals surface area contributed by atoms with E-state index in [0.717, 1.165) is 38.2 Å². The number of pyridine rings is 1. The Bertz CT molecular complexity index is 888. The van der Waals surface area contributed by atoms with Gasteiger partial charge in [0.25, 0.3) is 0 Å². The number of nitrogens with zero attached hydrogens (tertiary/aromatic N) is 1. The number of rotatable bonds is 8. The number of benzene rings is 1. The Kier molecular flexibility index (Phi) is 5.27. The van der Waals surface area contributed by atoms with Gasteiger partial charge in [0.05, 0.1) is 11.2 Å². The number of anilines is 1. The molecule has 7 heteroatoms. The van der Waals surface area contributed by atoms with Crippen LogP contribution in [0, 0.1) is 5.82 Å². The highest BCUT2D eigenvalue weighted by molar-refractivity contribution is 5.93. The van der Waals surface area contributed by atoms with Crippen molar-refractivity contribution in [1.82, 2.24) is 4.57 Å². The molecule has 0 saturated heterocycles. The lowest BCUT2D eigenvalue weighted by Crippen LogP contribution is -2.19. The molecule has 1 aliphatic rings. The zero-order valence-electron chi connectivity index (χ0n) is 14.8. The highest BCUT2D eigenvalue weighted by Crippen LogP contribution is 2.37. The molecule has 0 radical (unpaired) electrons. The predicted octanol–water partition coefficient (Wildman–Crippen LogP) is 3.10. The van der Waals surface area contributed by atoms with Crippen LogP contribution in [0.2, 0.25) is 0 Å². The molecule has 2 aromatic rings. The first-order valence-electron chi connectivity index (χ1n) is 8.99. The van der Waals surface area contributed by atoms with Gasteiger partial charge in [-0.1, -0.05) is 6.42 Å². The van der Waals surface area contributed by atoms with E-state index in [1.54, 1.807) is 10.6 Å². The summed E-state index contributed by atoms with van der Waals surface area (Å²) in [6.07, 6.45) is 5.97. The van der Waals surface area contributed by atoms with Gasteiger partial charge in [-0.3, -0.25) is 4.79 Å². The lowest BCUT2D eigenvalue weighted by molar-refractivity contribution is 0.0695. The van der Waals surface area contributed by atoms with Crippen molar-refractivity contribution in [2.24, 2.45) is 5.73 Å². The molecule has 140 valence electrons. The van der Waals surface area contributed by atoms with Crippen LogP contribution in [-0.4, -0.2) is 28.2 Å². The largest absolute Gasteiger partial charge is 0.477 e. The van der Waals surface area contributed by atoms with E-state index in [1.807, 2.05) is 6.92 Å². The van der Waals surface area contributed by atoms with Crippen molar-refractivity contribution in [3.63, 3.8) is 0 Å². The maximum atomic E-state index is 14.4. The number of fused-ring (bicyclic) bond motifs is 1. The van der Waals surface area contributed by atoms with E-state index in [2.05, 4.69) is 5.32 Å². The fourth-order valence-corrected chi connectivity index (χ4v) is 3.13. The molecule has 1 saturated carbocycles. The zero-order chi connectivity index (χ0) is 18.8. The summed E-state index contributed by atoms with van der Waals surface area (Å²) in [6.45, 7) is 2.56. The van der Waals surface area contributed by atoms with Crippen molar-refractivity contribution in [3.8, 4) is 0 Å². The quantitative estimate of drug-likeness (QED) is 0.628. The molecular weight excluding hydrogens is 337 g/mol. The first kappa shape index (κ1) is 18.4. The molecule has 1 aliphatic carbocycles. The van der Waals surface area contributed by atoms with Gasteiger partial charge in [-0.05, 0) is 44.7 Å². The van der Waals surface area contributed by atoms with Crippen LogP contribution in [-0.2, 0) is 0 Å². The van der Waals surface area contributed by atoms with Crippen LogP contribution in [0.15, 0.2) is 23.1 Å². The van der Waals surface area contributed by atoms with E-state index < -0.39 is 17.2 Å². The van der Waals surface area contributed by atoms with Gasteiger partial charge in [-0.25, -0.2) is 9.18 Å². The number of halogens is 1. The molecular formula is C19H24FN3O3. The minimum Gasteiger partial charge on any atom is -0.477 e. The summed E-state index contributed by atoms with van der Waals surface area (Å²) in [4.78, 5) is 23.7. The molecule has 1 aromatic heterocycles. The number of carboxylic acid groups (broad SMARTS) is 1. The smallest absolute Gasteiger partial charge is 0.341 e. The van der Waals surface area contributed by atoms with Crippen LogP contribution in [0.3, 0.4) is 0 Å². The predicted molar refractivity (Wildman–Crippen MR) is 99.4 cm³/mol. The fourth-order valence-electron chi connectivity index (χ4n) is 3.13. The second kappa shape index (κ2) is 7.45. The monoisotopic (exact) mass is 361 g/mol. The zero-order valence-corrected chi connectivity index (χ0v) is 14.8. The number of carbonyl (C=O) groups is 1. The average Bonchev–Trinajstić information content (AvgIpc) is 3.40. The van der Waals surface area contributed by atoms with Crippen molar-refractivity contribution >= 4 is 22.6 Å². The maximum absolute atomic E-state index is 14.4. The van der Waals surface area contributed by atoms with Gasteiger partial charge in [-0.15, -0.1) is 0 Å². The van der Waals surface area contributed by atoms with Gasteiger partial charge in [0.2, 0.25) is 5.43 Å². The van der Waals surface area contributed by atoms with E-state index in [9.17, 15) is 19.1 Å². The van der Waals surface area contributed by atoms with E-state index in [-0.39, 0.29) is 23.0 Å². The van der Waals surface area contributed by atoms with Crippen LogP contribution >= 0.6 is 0 Å². The van der Waals surface area contributed by atoms with E-state index >= 15 is 0 Å². The molecule has 0 bridgehead atoms. The van der Waals surface area contributed by atoms with E-state index in [0.29, 0.717) is 17.7 Å². The molecule has 1 heterocycles. The highest BCUT2D eigenvalue weighted by Gasteiger charge is 2.27. The van der Waals surface area contributed by atoms with Crippen LogP contribution in [0.5, 0.6) is 0 Å². The third-order valence-electron chi connectivity index (χ3n) is 4.69. The molecule has 1 unspecified atom stereocenters. The number of aromatic carboxylic acids is 1. The van der Waals surface area contributed by atoms with Gasteiger partial charge in [0, 0.05) is 30.2 Å². The normalized spacial score (nSPS) is 15.2. The lowest BCUT2D eigenvalue weighted by atomic mass is 10.1. The minimum absolute atomic E-state index is 0.108. The van der Waals surface area contributed by atoms with Crippen molar-refractivity contribution in [2.45, 2.75) is 51.1 Å². The Morgan fingerprint density at radius 3 is 2.77 bits per heavy atom. The van der Waals surface area contributed by atoms with Gasteiger partial charge in [-0.2, -0.15) is 0 Å². The SMILES string of the molecule is CC(N)CCCCNc1cc2c(cc1F)c(=O)c(C(=O)O)cn2C1CC1. The Balaban J connectivity index is 1.91. The topological polar surface area (TPSA) is 97.3 Å². The first-order chi connectivity index (χ1) is 12.4. The van der Waals surface area contributed by atoms with Crippen molar-refractivity contribution in [3.05, 3.63) is 39.9 Å². The van der Waals surface area contributed by atoms with E-state index in [1.165, 1.54) is 6.20 Å². The molecule has 1 atom stereocenters. The maximum Gasteiger partial charge on any atom is 0.341 e. The molecule has 0 amide bonds. The second-order valence-corrected chi connectivity index (χ2v) is 7.06. The van der Waals surface area contributed by atoms with Crippen molar-refractivity contribution in [1.29, 1.82) is 0 Å². The number of hydrogen-bond donors (Lipinski definition) is 3. The Hall–Kier alpha value is -2.41. The summed E-state index contributed by atoms with van der Waals surface area (Å²) in [6, 6.07) is 3.08. The summed E-state index contributed by atoms with van der Waals surface area (Å²) in [7, 11) is 0. The van der Waals surface area contributed by atoms with Crippen molar-refractivity contribution < 1.29 is 14.3 Å². The van der Waals surface area contributed by atoms with Crippen LogP contribution in [0.1, 0.15) is 55.4 Å².